The lowest BCUT2D eigenvalue weighted by molar-refractivity contribution is -0.131. The van der Waals surface area contributed by atoms with Crippen LogP contribution in [0.4, 0.5) is 4.79 Å². The molecule has 26 heavy (non-hydrogen) atoms. The lowest BCUT2D eigenvalue weighted by atomic mass is 9.92. The number of nitrogens with one attached hydrogen (secondary N) is 1. The Kier molecular flexibility index (Phi) is 4.00. The molecule has 2 heterocycles. The highest BCUT2D eigenvalue weighted by Crippen LogP contribution is 2.34. The first kappa shape index (κ1) is 16.7. The van der Waals surface area contributed by atoms with E-state index in [2.05, 4.69) is 5.32 Å². The third kappa shape index (κ3) is 2.86. The summed E-state index contributed by atoms with van der Waals surface area (Å²) in [5, 5.41) is 3.33. The number of hydrogen-bond donors (Lipinski definition) is 1. The molecule has 1 saturated heterocycles. The van der Waals surface area contributed by atoms with Crippen LogP contribution in [0.1, 0.15) is 18.1 Å². The molecule has 7 heteroatoms. The average molecular weight is 373 g/mol. The van der Waals surface area contributed by atoms with Crippen molar-refractivity contribution in [3.05, 3.63) is 58.6 Å². The Morgan fingerprint density at radius 3 is 2.73 bits per heavy atom. The summed E-state index contributed by atoms with van der Waals surface area (Å²) in [5.41, 5.74) is 0.585. The number of nitrogens with zero attached hydrogens (tertiary/aromatic N) is 1. The molecule has 1 unspecified atom stereocenters. The Hall–Kier alpha value is -2.73. The summed E-state index contributed by atoms with van der Waals surface area (Å²) < 4.78 is 10.7. The van der Waals surface area contributed by atoms with Crippen molar-refractivity contribution in [2.24, 2.45) is 0 Å². The van der Waals surface area contributed by atoms with Crippen LogP contribution in [0.3, 0.4) is 0 Å². The summed E-state index contributed by atoms with van der Waals surface area (Å²) in [6.45, 7) is 2.06. The van der Waals surface area contributed by atoms with Crippen molar-refractivity contribution in [2.75, 3.05) is 6.79 Å². The van der Waals surface area contributed by atoms with Gasteiger partial charge in [0.25, 0.3) is 5.91 Å². The first-order valence-electron chi connectivity index (χ1n) is 8.22. The second-order valence-corrected chi connectivity index (χ2v) is 7.02. The van der Waals surface area contributed by atoms with Gasteiger partial charge in [-0.1, -0.05) is 35.9 Å². The van der Waals surface area contributed by atoms with Crippen LogP contribution in [0.15, 0.2) is 42.5 Å². The third-order valence-corrected chi connectivity index (χ3v) is 4.99. The summed E-state index contributed by atoms with van der Waals surface area (Å²) in [7, 11) is 0. The molecule has 134 valence electrons. The molecule has 2 aromatic rings. The van der Waals surface area contributed by atoms with Crippen LogP contribution in [-0.4, -0.2) is 29.2 Å². The molecule has 0 spiro atoms. The van der Waals surface area contributed by atoms with E-state index >= 15 is 0 Å². The van der Waals surface area contributed by atoms with Gasteiger partial charge in [0.15, 0.2) is 11.5 Å². The average Bonchev–Trinajstić information content (AvgIpc) is 3.15. The lowest BCUT2D eigenvalue weighted by Crippen LogP contribution is -2.45. The van der Waals surface area contributed by atoms with Gasteiger partial charge in [0.2, 0.25) is 6.79 Å². The van der Waals surface area contributed by atoms with Gasteiger partial charge in [0, 0.05) is 11.4 Å². The molecule has 1 N–H and O–H groups in total. The Morgan fingerprint density at radius 2 is 1.92 bits per heavy atom. The van der Waals surface area contributed by atoms with Gasteiger partial charge in [0.05, 0.1) is 6.54 Å². The summed E-state index contributed by atoms with van der Waals surface area (Å²) in [6.07, 6.45) is 0.354. The molecule has 2 aromatic carbocycles. The normalized spacial score (nSPS) is 21.2. The van der Waals surface area contributed by atoms with Crippen molar-refractivity contribution >= 4 is 23.5 Å². The van der Waals surface area contributed by atoms with Crippen LogP contribution in [0.2, 0.25) is 5.02 Å². The Labute approximate surface area is 155 Å². The summed E-state index contributed by atoms with van der Waals surface area (Å²) in [5.74, 6) is 1.05. The second kappa shape index (κ2) is 6.21. The fraction of sp³-hybridized carbons (Fsp3) is 0.263. The van der Waals surface area contributed by atoms with Crippen LogP contribution < -0.4 is 14.8 Å². The zero-order valence-electron chi connectivity index (χ0n) is 14.1. The van der Waals surface area contributed by atoms with E-state index in [1.54, 1.807) is 19.1 Å². The number of carbonyl (C=O) groups is 2. The van der Waals surface area contributed by atoms with Gasteiger partial charge in [-0.2, -0.15) is 0 Å². The Morgan fingerprint density at radius 1 is 1.15 bits per heavy atom. The largest absolute Gasteiger partial charge is 0.454 e. The molecule has 0 aromatic heterocycles. The van der Waals surface area contributed by atoms with Crippen molar-refractivity contribution in [3.8, 4) is 11.5 Å². The van der Waals surface area contributed by atoms with Crippen LogP contribution in [0.25, 0.3) is 0 Å². The molecule has 3 amide bonds. The number of amides is 3. The molecule has 0 saturated carbocycles. The molecule has 4 rings (SSSR count). The molecule has 0 radical (unpaired) electrons. The smallest absolute Gasteiger partial charge is 0.325 e. The number of rotatable bonds is 4. The van der Waals surface area contributed by atoms with Crippen LogP contribution in [0.5, 0.6) is 11.5 Å². The number of hydrogen-bond acceptors (Lipinski definition) is 4. The minimum absolute atomic E-state index is 0.140. The summed E-state index contributed by atoms with van der Waals surface area (Å²) in [4.78, 5) is 26.5. The standard InChI is InChI=1S/C19H17ClN2O4/c1-19(9-12-6-7-15-16(8-12)26-11-25-15)17(23)22(18(24)21-19)10-13-4-2-3-5-14(13)20/h2-8H,9-11H2,1H3,(H,21,24). The zero-order valence-corrected chi connectivity index (χ0v) is 14.9. The topological polar surface area (TPSA) is 67.9 Å². The molecular formula is C19H17ClN2O4. The van der Waals surface area contributed by atoms with E-state index in [1.807, 2.05) is 30.3 Å². The Balaban J connectivity index is 1.54. The highest BCUT2D eigenvalue weighted by molar-refractivity contribution is 6.31. The highest BCUT2D eigenvalue weighted by atomic mass is 35.5. The minimum Gasteiger partial charge on any atom is -0.454 e. The highest BCUT2D eigenvalue weighted by Gasteiger charge is 2.47. The molecule has 1 atom stereocenters. The molecule has 2 aliphatic rings. The van der Waals surface area contributed by atoms with Crippen molar-refractivity contribution in [1.29, 1.82) is 0 Å². The number of urea groups is 1. The number of carbonyl (C=O) groups excluding carboxylic acids is 2. The van der Waals surface area contributed by atoms with Gasteiger partial charge in [-0.15, -0.1) is 0 Å². The van der Waals surface area contributed by atoms with Gasteiger partial charge in [-0.3, -0.25) is 9.69 Å². The summed E-state index contributed by atoms with van der Waals surface area (Å²) >= 11 is 6.16. The number of fused-ring (bicyclic) bond motifs is 1. The first-order chi connectivity index (χ1) is 12.5. The van der Waals surface area contributed by atoms with E-state index in [0.29, 0.717) is 22.9 Å². The fourth-order valence-electron chi connectivity index (χ4n) is 3.27. The van der Waals surface area contributed by atoms with Gasteiger partial charge in [-0.05, 0) is 36.2 Å². The lowest BCUT2D eigenvalue weighted by Gasteiger charge is -2.22. The van der Waals surface area contributed by atoms with E-state index in [9.17, 15) is 9.59 Å². The summed E-state index contributed by atoms with van der Waals surface area (Å²) in [6, 6.07) is 12.3. The van der Waals surface area contributed by atoms with E-state index in [-0.39, 0.29) is 19.2 Å². The van der Waals surface area contributed by atoms with Crippen LogP contribution >= 0.6 is 11.6 Å². The quantitative estimate of drug-likeness (QED) is 0.837. The fourth-order valence-corrected chi connectivity index (χ4v) is 3.46. The van der Waals surface area contributed by atoms with Crippen molar-refractivity contribution in [3.63, 3.8) is 0 Å². The maximum atomic E-state index is 12.9. The van der Waals surface area contributed by atoms with Crippen LogP contribution in [0, 0.1) is 0 Å². The maximum Gasteiger partial charge on any atom is 0.325 e. The second-order valence-electron chi connectivity index (χ2n) is 6.61. The van der Waals surface area contributed by atoms with Crippen molar-refractivity contribution in [2.45, 2.75) is 25.4 Å². The van der Waals surface area contributed by atoms with Gasteiger partial charge in [0.1, 0.15) is 5.54 Å². The number of benzene rings is 2. The molecule has 0 bridgehead atoms. The predicted molar refractivity (Wildman–Crippen MR) is 95.2 cm³/mol. The van der Waals surface area contributed by atoms with Gasteiger partial charge >= 0.3 is 6.03 Å². The van der Waals surface area contributed by atoms with E-state index in [4.69, 9.17) is 21.1 Å². The SMILES string of the molecule is CC1(Cc2ccc3c(c2)OCO3)NC(=O)N(Cc2ccccc2Cl)C1=O. The minimum atomic E-state index is -1.02. The predicted octanol–water partition coefficient (Wildman–Crippen LogP) is 3.12. The van der Waals surface area contributed by atoms with Gasteiger partial charge in [-0.25, -0.2) is 4.79 Å². The molecule has 0 aliphatic carbocycles. The van der Waals surface area contributed by atoms with Gasteiger partial charge < -0.3 is 14.8 Å². The number of ether oxygens (including phenoxy) is 2. The molecular weight excluding hydrogens is 356 g/mol. The van der Waals surface area contributed by atoms with E-state index in [0.717, 1.165) is 11.1 Å². The van der Waals surface area contributed by atoms with Crippen molar-refractivity contribution < 1.29 is 19.1 Å². The zero-order chi connectivity index (χ0) is 18.3. The number of halogens is 1. The molecule has 6 nitrogen and oxygen atoms in total. The first-order valence-corrected chi connectivity index (χ1v) is 8.60. The van der Waals surface area contributed by atoms with Crippen LogP contribution in [-0.2, 0) is 17.8 Å². The number of imide groups is 1. The van der Waals surface area contributed by atoms with E-state index in [1.165, 1.54) is 4.90 Å². The maximum absolute atomic E-state index is 12.9. The Bertz CT molecular complexity index is 901. The van der Waals surface area contributed by atoms with E-state index < -0.39 is 11.6 Å². The monoisotopic (exact) mass is 372 g/mol. The third-order valence-electron chi connectivity index (χ3n) is 4.63. The molecule has 1 fully saturated rings. The molecule has 2 aliphatic heterocycles. The van der Waals surface area contributed by atoms with Crippen molar-refractivity contribution in [1.82, 2.24) is 10.2 Å².